The Morgan fingerprint density at radius 1 is 1.07 bits per heavy atom. The lowest BCUT2D eigenvalue weighted by Crippen LogP contribution is -2.42. The highest BCUT2D eigenvalue weighted by atomic mass is 35.5. The van der Waals surface area contributed by atoms with Crippen molar-refractivity contribution in [3.63, 3.8) is 0 Å². The number of hydrogen-bond donors (Lipinski definition) is 2. The number of amides is 2. The Morgan fingerprint density at radius 2 is 1.85 bits per heavy atom. The van der Waals surface area contributed by atoms with Gasteiger partial charge in [-0.1, -0.05) is 29.8 Å². The number of halogens is 1. The Hall–Kier alpha value is -3.26. The van der Waals surface area contributed by atoms with Gasteiger partial charge in [0.15, 0.2) is 0 Å². The Morgan fingerprint density at radius 3 is 2.56 bits per heavy atom. The number of nitrogens with one attached hydrogen (secondary N) is 2. The van der Waals surface area contributed by atoms with E-state index < -0.39 is 5.91 Å². The van der Waals surface area contributed by atoms with Crippen molar-refractivity contribution in [2.75, 3.05) is 0 Å². The predicted octanol–water partition coefficient (Wildman–Crippen LogP) is 1.88. The van der Waals surface area contributed by atoms with Crippen LogP contribution in [0.5, 0.6) is 0 Å². The lowest BCUT2D eigenvalue weighted by Gasteiger charge is -2.08. The summed E-state index contributed by atoms with van der Waals surface area (Å²) in [5.41, 5.74) is 7.02. The van der Waals surface area contributed by atoms with Gasteiger partial charge in [-0.15, -0.1) is 5.10 Å². The van der Waals surface area contributed by atoms with E-state index in [0.717, 1.165) is 11.3 Å². The van der Waals surface area contributed by atoms with E-state index in [4.69, 9.17) is 11.6 Å². The van der Waals surface area contributed by atoms with Gasteiger partial charge in [-0.3, -0.25) is 20.4 Å². The molecule has 9 heteroatoms. The summed E-state index contributed by atoms with van der Waals surface area (Å²) in [5.74, 6) is -0.723. The fourth-order valence-corrected chi connectivity index (χ4v) is 3.21. The molecule has 1 aliphatic carbocycles. The van der Waals surface area contributed by atoms with Crippen molar-refractivity contribution < 1.29 is 9.59 Å². The summed E-state index contributed by atoms with van der Waals surface area (Å²) in [7, 11) is 0. The monoisotopic (exact) mass is 382 g/mol. The second kappa shape index (κ2) is 7.16. The molecule has 1 saturated carbocycles. The standard InChI is InChI=1S/C18H15ClN6O2/c19-16-4-2-1-3-13(16)14-9-15(14)18(27)22-21-17(26)11-5-7-12(8-6-11)25-10-20-23-24-25/h1-8,10,14-15H,9H2,(H,21,26)(H,22,27). The maximum absolute atomic E-state index is 12.3. The minimum Gasteiger partial charge on any atom is -0.273 e. The zero-order chi connectivity index (χ0) is 18.8. The molecule has 27 heavy (non-hydrogen) atoms. The smallest absolute Gasteiger partial charge is 0.269 e. The van der Waals surface area contributed by atoms with Crippen molar-refractivity contribution in [1.29, 1.82) is 0 Å². The molecule has 2 aromatic carbocycles. The summed E-state index contributed by atoms with van der Waals surface area (Å²) in [4.78, 5) is 24.5. The second-order valence-electron chi connectivity index (χ2n) is 6.21. The normalized spacial score (nSPS) is 18.0. The summed E-state index contributed by atoms with van der Waals surface area (Å²) < 4.78 is 1.48. The SMILES string of the molecule is O=C(NNC(=O)C1CC1c1ccccc1Cl)c1ccc(-n2cnnn2)cc1. The van der Waals surface area contributed by atoms with Crippen LogP contribution in [0.3, 0.4) is 0 Å². The average Bonchev–Trinajstić information content (AvgIpc) is 3.29. The lowest BCUT2D eigenvalue weighted by molar-refractivity contribution is -0.123. The number of aromatic nitrogens is 4. The fourth-order valence-electron chi connectivity index (χ4n) is 2.93. The van der Waals surface area contributed by atoms with Gasteiger partial charge < -0.3 is 0 Å². The minimum atomic E-state index is -0.401. The first-order chi connectivity index (χ1) is 13.1. The number of carbonyl (C=O) groups is 2. The second-order valence-corrected chi connectivity index (χ2v) is 6.62. The van der Waals surface area contributed by atoms with E-state index in [2.05, 4.69) is 26.4 Å². The van der Waals surface area contributed by atoms with Crippen LogP contribution in [0.1, 0.15) is 28.3 Å². The van der Waals surface area contributed by atoms with Crippen LogP contribution < -0.4 is 10.9 Å². The zero-order valence-electron chi connectivity index (χ0n) is 14.0. The highest BCUT2D eigenvalue weighted by molar-refractivity contribution is 6.31. The highest BCUT2D eigenvalue weighted by Crippen LogP contribution is 2.49. The molecule has 4 rings (SSSR count). The van der Waals surface area contributed by atoms with E-state index in [1.54, 1.807) is 24.3 Å². The largest absolute Gasteiger partial charge is 0.273 e. The number of rotatable bonds is 4. The molecule has 3 aromatic rings. The van der Waals surface area contributed by atoms with Crippen molar-refractivity contribution in [1.82, 2.24) is 31.1 Å². The van der Waals surface area contributed by atoms with E-state index in [1.807, 2.05) is 24.3 Å². The number of hydrogen-bond acceptors (Lipinski definition) is 5. The molecule has 0 bridgehead atoms. The van der Waals surface area contributed by atoms with Crippen molar-refractivity contribution in [3.05, 3.63) is 71.0 Å². The van der Waals surface area contributed by atoms with Crippen molar-refractivity contribution in [2.45, 2.75) is 12.3 Å². The van der Waals surface area contributed by atoms with Crippen LogP contribution >= 0.6 is 11.6 Å². The number of carbonyl (C=O) groups excluding carboxylic acids is 2. The van der Waals surface area contributed by atoms with Crippen molar-refractivity contribution in [3.8, 4) is 5.69 Å². The van der Waals surface area contributed by atoms with Gasteiger partial charge in [0.1, 0.15) is 6.33 Å². The first kappa shape index (κ1) is 17.2. The summed E-state index contributed by atoms with van der Waals surface area (Å²) >= 11 is 6.17. The predicted molar refractivity (Wildman–Crippen MR) is 97.1 cm³/mol. The maximum Gasteiger partial charge on any atom is 0.269 e. The Balaban J connectivity index is 1.32. The zero-order valence-corrected chi connectivity index (χ0v) is 14.8. The van der Waals surface area contributed by atoms with Gasteiger partial charge in [-0.25, -0.2) is 4.68 Å². The molecule has 8 nitrogen and oxygen atoms in total. The van der Waals surface area contributed by atoms with Crippen LogP contribution in [0.4, 0.5) is 0 Å². The van der Waals surface area contributed by atoms with E-state index in [0.29, 0.717) is 17.0 Å². The minimum absolute atomic E-state index is 0.0891. The van der Waals surface area contributed by atoms with Gasteiger partial charge >= 0.3 is 0 Å². The molecule has 0 saturated heterocycles. The third kappa shape index (κ3) is 3.65. The quantitative estimate of drug-likeness (QED) is 0.671. The van der Waals surface area contributed by atoms with Crippen LogP contribution in [0.15, 0.2) is 54.9 Å². The molecule has 0 spiro atoms. The van der Waals surface area contributed by atoms with E-state index in [9.17, 15) is 9.59 Å². The molecule has 2 unspecified atom stereocenters. The topological polar surface area (TPSA) is 102 Å². The van der Waals surface area contributed by atoms with Gasteiger partial charge in [0, 0.05) is 16.5 Å². The van der Waals surface area contributed by atoms with Crippen molar-refractivity contribution in [2.24, 2.45) is 5.92 Å². The van der Waals surface area contributed by atoms with Gasteiger partial charge in [-0.05, 0) is 58.7 Å². The molecule has 136 valence electrons. The molecule has 2 atom stereocenters. The molecule has 2 amide bonds. The molecule has 1 fully saturated rings. The summed E-state index contributed by atoms with van der Waals surface area (Å²) in [6.45, 7) is 0. The van der Waals surface area contributed by atoms with E-state index in [-0.39, 0.29) is 17.7 Å². The molecule has 1 aliphatic rings. The van der Waals surface area contributed by atoms with E-state index >= 15 is 0 Å². The lowest BCUT2D eigenvalue weighted by atomic mass is 10.1. The van der Waals surface area contributed by atoms with Crippen LogP contribution in [-0.2, 0) is 4.79 Å². The maximum atomic E-state index is 12.3. The molecule has 0 aliphatic heterocycles. The first-order valence-corrected chi connectivity index (χ1v) is 8.69. The van der Waals surface area contributed by atoms with Crippen molar-refractivity contribution >= 4 is 23.4 Å². The van der Waals surface area contributed by atoms with E-state index in [1.165, 1.54) is 11.0 Å². The third-order valence-corrected chi connectivity index (χ3v) is 4.82. The molecule has 1 heterocycles. The molecular formula is C18H15ClN6O2. The number of benzene rings is 2. The fraction of sp³-hybridized carbons (Fsp3) is 0.167. The Kier molecular flexibility index (Phi) is 4.55. The van der Waals surface area contributed by atoms with Gasteiger partial charge in [0.2, 0.25) is 5.91 Å². The van der Waals surface area contributed by atoms with Gasteiger partial charge in [0.25, 0.3) is 5.91 Å². The average molecular weight is 383 g/mol. The van der Waals surface area contributed by atoms with Crippen LogP contribution in [-0.4, -0.2) is 32.0 Å². The molecule has 1 aromatic heterocycles. The number of tetrazole rings is 1. The number of nitrogens with zero attached hydrogens (tertiary/aromatic N) is 4. The summed E-state index contributed by atoms with van der Waals surface area (Å²) in [5, 5.41) is 11.5. The Labute approximate surface area is 159 Å². The third-order valence-electron chi connectivity index (χ3n) is 4.47. The van der Waals surface area contributed by atoms with Gasteiger partial charge in [-0.2, -0.15) is 0 Å². The van der Waals surface area contributed by atoms with Crippen LogP contribution in [0.2, 0.25) is 5.02 Å². The summed E-state index contributed by atoms with van der Waals surface area (Å²) in [6.07, 6.45) is 2.17. The number of hydrazine groups is 1. The first-order valence-electron chi connectivity index (χ1n) is 8.31. The molecular weight excluding hydrogens is 368 g/mol. The van der Waals surface area contributed by atoms with Crippen LogP contribution in [0, 0.1) is 5.92 Å². The van der Waals surface area contributed by atoms with Crippen LogP contribution in [0.25, 0.3) is 5.69 Å². The highest BCUT2D eigenvalue weighted by Gasteiger charge is 2.44. The molecule has 0 radical (unpaired) electrons. The van der Waals surface area contributed by atoms with Gasteiger partial charge in [0.05, 0.1) is 5.69 Å². The molecule has 2 N–H and O–H groups in total. The Bertz CT molecular complexity index is 974. The summed E-state index contributed by atoms with van der Waals surface area (Å²) in [6, 6.07) is 14.2.